The molecule has 0 aliphatic carbocycles. The molecule has 1 rings (SSSR count). The summed E-state index contributed by atoms with van der Waals surface area (Å²) in [7, 11) is 0. The number of aliphatic hydroxyl groups excluding tert-OH is 1. The van der Waals surface area contributed by atoms with Crippen LogP contribution >= 0.6 is 0 Å². The number of nitrogens with zero attached hydrogens (tertiary/aromatic N) is 1. The Labute approximate surface area is 118 Å². The first kappa shape index (κ1) is 16.4. The molecule has 2 N–H and O–H groups in total. The lowest BCUT2D eigenvalue weighted by Gasteiger charge is -2.13. The maximum atomic E-state index is 10.8. The van der Waals surface area contributed by atoms with Crippen LogP contribution in [0.5, 0.6) is 5.75 Å². The summed E-state index contributed by atoms with van der Waals surface area (Å²) >= 11 is 0. The fourth-order valence-electron chi connectivity index (χ4n) is 1.67. The van der Waals surface area contributed by atoms with Crippen LogP contribution < -0.4 is 10.1 Å². The van der Waals surface area contributed by atoms with Crippen LogP contribution in [-0.4, -0.2) is 29.3 Å². The number of hydrogen-bond donors (Lipinski definition) is 2. The Morgan fingerprint density at radius 2 is 2.15 bits per heavy atom. The molecule has 0 bridgehead atoms. The molecule has 0 saturated heterocycles. The van der Waals surface area contributed by atoms with Crippen LogP contribution in [0.2, 0.25) is 0 Å². The van der Waals surface area contributed by atoms with Gasteiger partial charge in [-0.15, -0.1) is 0 Å². The standard InChI is InChI=1S/C14H22N2O4/c1-11(2)15-10-12-9-13(16(18)19)5-6-14(12)20-8-4-3-7-17/h5-6,9,11,15,17H,3-4,7-8,10H2,1-2H3. The van der Waals surface area contributed by atoms with Gasteiger partial charge in [0.25, 0.3) is 5.69 Å². The van der Waals surface area contributed by atoms with Gasteiger partial charge in [-0.2, -0.15) is 0 Å². The molecule has 0 unspecified atom stereocenters. The van der Waals surface area contributed by atoms with Gasteiger partial charge in [-0.3, -0.25) is 10.1 Å². The SMILES string of the molecule is CC(C)NCc1cc([N+](=O)[O-])ccc1OCCCCO. The van der Waals surface area contributed by atoms with E-state index in [1.165, 1.54) is 12.1 Å². The Hall–Kier alpha value is -1.66. The first-order valence-electron chi connectivity index (χ1n) is 6.79. The van der Waals surface area contributed by atoms with Crippen LogP contribution in [0.3, 0.4) is 0 Å². The average molecular weight is 282 g/mol. The van der Waals surface area contributed by atoms with Crippen molar-refractivity contribution >= 4 is 5.69 Å². The second-order valence-corrected chi connectivity index (χ2v) is 4.86. The van der Waals surface area contributed by atoms with Crippen molar-refractivity contribution < 1.29 is 14.8 Å². The molecule has 0 atom stereocenters. The van der Waals surface area contributed by atoms with Gasteiger partial charge in [0.1, 0.15) is 5.75 Å². The van der Waals surface area contributed by atoms with E-state index in [4.69, 9.17) is 9.84 Å². The molecule has 0 saturated carbocycles. The molecule has 0 spiro atoms. The Kier molecular flexibility index (Phi) is 6.97. The second kappa shape index (κ2) is 8.50. The smallest absolute Gasteiger partial charge is 0.270 e. The van der Waals surface area contributed by atoms with Crippen LogP contribution in [0.4, 0.5) is 5.69 Å². The van der Waals surface area contributed by atoms with Crippen LogP contribution in [0.25, 0.3) is 0 Å². The van der Waals surface area contributed by atoms with Crippen molar-refractivity contribution in [3.8, 4) is 5.75 Å². The summed E-state index contributed by atoms with van der Waals surface area (Å²) in [6.07, 6.45) is 1.44. The van der Waals surface area contributed by atoms with Gasteiger partial charge in [-0.1, -0.05) is 13.8 Å². The summed E-state index contributed by atoms with van der Waals surface area (Å²) in [5, 5.41) is 22.8. The third kappa shape index (κ3) is 5.54. The number of hydrogen-bond acceptors (Lipinski definition) is 5. The summed E-state index contributed by atoms with van der Waals surface area (Å²) in [6.45, 7) is 5.19. The molecule has 6 heteroatoms. The molecular weight excluding hydrogens is 260 g/mol. The van der Waals surface area contributed by atoms with Crippen molar-refractivity contribution in [2.24, 2.45) is 0 Å². The van der Waals surface area contributed by atoms with Gasteiger partial charge in [0.2, 0.25) is 0 Å². The summed E-state index contributed by atoms with van der Waals surface area (Å²) in [4.78, 5) is 10.4. The average Bonchev–Trinajstić information content (AvgIpc) is 2.41. The van der Waals surface area contributed by atoms with Gasteiger partial charge in [0, 0.05) is 36.9 Å². The quantitative estimate of drug-likeness (QED) is 0.412. The predicted octanol–water partition coefficient (Wildman–Crippen LogP) is 2.24. The zero-order valence-electron chi connectivity index (χ0n) is 12.0. The molecule has 0 fully saturated rings. The van der Waals surface area contributed by atoms with Crippen LogP contribution in [0.15, 0.2) is 18.2 Å². The van der Waals surface area contributed by atoms with Crippen molar-refractivity contribution in [2.75, 3.05) is 13.2 Å². The van der Waals surface area contributed by atoms with Crippen molar-refractivity contribution in [2.45, 2.75) is 39.3 Å². The molecule has 0 heterocycles. The Balaban J connectivity index is 2.76. The monoisotopic (exact) mass is 282 g/mol. The highest BCUT2D eigenvalue weighted by molar-refractivity contribution is 5.43. The zero-order valence-corrected chi connectivity index (χ0v) is 12.0. The molecule has 0 amide bonds. The number of nitrogens with one attached hydrogen (secondary N) is 1. The molecule has 1 aromatic carbocycles. The van der Waals surface area contributed by atoms with Gasteiger partial charge in [-0.25, -0.2) is 0 Å². The number of ether oxygens (including phenoxy) is 1. The predicted molar refractivity (Wildman–Crippen MR) is 76.9 cm³/mol. The molecule has 0 radical (unpaired) electrons. The lowest BCUT2D eigenvalue weighted by atomic mass is 10.1. The fraction of sp³-hybridized carbons (Fsp3) is 0.571. The number of rotatable bonds is 9. The van der Waals surface area contributed by atoms with Gasteiger partial charge >= 0.3 is 0 Å². The Bertz CT molecular complexity index is 435. The molecular formula is C14H22N2O4. The topological polar surface area (TPSA) is 84.6 Å². The third-order valence-electron chi connectivity index (χ3n) is 2.77. The lowest BCUT2D eigenvalue weighted by Crippen LogP contribution is -2.22. The van der Waals surface area contributed by atoms with Crippen LogP contribution in [-0.2, 0) is 6.54 Å². The van der Waals surface area contributed by atoms with E-state index >= 15 is 0 Å². The fourth-order valence-corrected chi connectivity index (χ4v) is 1.67. The maximum Gasteiger partial charge on any atom is 0.270 e. The minimum Gasteiger partial charge on any atom is -0.493 e. The van der Waals surface area contributed by atoms with E-state index in [0.29, 0.717) is 25.3 Å². The minimum absolute atomic E-state index is 0.0632. The summed E-state index contributed by atoms with van der Waals surface area (Å²) in [6, 6.07) is 4.90. The molecule has 0 aliphatic heterocycles. The molecule has 1 aromatic rings. The zero-order chi connectivity index (χ0) is 15.0. The van der Waals surface area contributed by atoms with Gasteiger partial charge in [-0.05, 0) is 18.9 Å². The first-order chi connectivity index (χ1) is 9.54. The number of non-ortho nitro benzene ring substituents is 1. The summed E-state index contributed by atoms with van der Waals surface area (Å²) < 4.78 is 5.63. The van der Waals surface area contributed by atoms with Crippen molar-refractivity contribution in [3.05, 3.63) is 33.9 Å². The summed E-state index contributed by atoms with van der Waals surface area (Å²) in [5.74, 6) is 0.654. The second-order valence-electron chi connectivity index (χ2n) is 4.86. The van der Waals surface area contributed by atoms with Crippen molar-refractivity contribution in [1.29, 1.82) is 0 Å². The van der Waals surface area contributed by atoms with E-state index in [2.05, 4.69) is 5.32 Å². The lowest BCUT2D eigenvalue weighted by molar-refractivity contribution is -0.384. The summed E-state index contributed by atoms with van der Waals surface area (Å²) in [5.41, 5.74) is 0.838. The van der Waals surface area contributed by atoms with Crippen molar-refractivity contribution in [3.63, 3.8) is 0 Å². The van der Waals surface area contributed by atoms with Gasteiger partial charge in [0.05, 0.1) is 11.5 Å². The molecule has 0 aliphatic rings. The van der Waals surface area contributed by atoms with Gasteiger partial charge in [0.15, 0.2) is 0 Å². The van der Waals surface area contributed by atoms with Crippen molar-refractivity contribution in [1.82, 2.24) is 5.32 Å². The molecule has 0 aromatic heterocycles. The largest absolute Gasteiger partial charge is 0.493 e. The highest BCUT2D eigenvalue weighted by atomic mass is 16.6. The number of nitro benzene ring substituents is 1. The maximum absolute atomic E-state index is 10.8. The Morgan fingerprint density at radius 1 is 1.40 bits per heavy atom. The first-order valence-corrected chi connectivity index (χ1v) is 6.79. The van der Waals surface area contributed by atoms with E-state index < -0.39 is 4.92 Å². The number of unbranched alkanes of at least 4 members (excludes halogenated alkanes) is 1. The molecule has 6 nitrogen and oxygen atoms in total. The third-order valence-corrected chi connectivity index (χ3v) is 2.77. The van der Waals surface area contributed by atoms with Crippen LogP contribution in [0, 0.1) is 10.1 Å². The highest BCUT2D eigenvalue weighted by Crippen LogP contribution is 2.24. The van der Waals surface area contributed by atoms with E-state index in [9.17, 15) is 10.1 Å². The normalized spacial score (nSPS) is 10.8. The highest BCUT2D eigenvalue weighted by Gasteiger charge is 2.12. The van der Waals surface area contributed by atoms with E-state index in [1.54, 1.807) is 6.07 Å². The number of nitro groups is 1. The minimum atomic E-state index is -0.408. The van der Waals surface area contributed by atoms with E-state index in [1.807, 2.05) is 13.8 Å². The van der Waals surface area contributed by atoms with Crippen LogP contribution in [0.1, 0.15) is 32.3 Å². The van der Waals surface area contributed by atoms with E-state index in [-0.39, 0.29) is 18.3 Å². The Morgan fingerprint density at radius 3 is 2.75 bits per heavy atom. The molecule has 20 heavy (non-hydrogen) atoms. The van der Waals surface area contributed by atoms with Gasteiger partial charge < -0.3 is 15.2 Å². The van der Waals surface area contributed by atoms with E-state index in [0.717, 1.165) is 12.0 Å². The number of benzene rings is 1. The molecule has 112 valence electrons. The number of aliphatic hydroxyl groups is 1.